The summed E-state index contributed by atoms with van der Waals surface area (Å²) >= 11 is 0. The number of carbonyl (C=O) groups is 1. The first-order chi connectivity index (χ1) is 7.52. The van der Waals surface area contributed by atoms with Crippen LogP contribution in [-0.4, -0.2) is 18.1 Å². The van der Waals surface area contributed by atoms with E-state index in [4.69, 9.17) is 5.73 Å². The van der Waals surface area contributed by atoms with Crippen molar-refractivity contribution >= 4 is 5.97 Å². The van der Waals surface area contributed by atoms with Crippen molar-refractivity contribution in [3.63, 3.8) is 0 Å². The maximum Gasteiger partial charge on any atom is 0.357 e. The lowest BCUT2D eigenvalue weighted by atomic mass is 10.0. The van der Waals surface area contributed by atoms with E-state index in [1.54, 1.807) is 6.92 Å². The Bertz CT molecular complexity index is 408. The van der Waals surface area contributed by atoms with Crippen molar-refractivity contribution in [3.05, 3.63) is 28.6 Å². The lowest BCUT2D eigenvalue weighted by molar-refractivity contribution is 0.0581. The molecule has 0 fully saturated rings. The van der Waals surface area contributed by atoms with E-state index >= 15 is 0 Å². The van der Waals surface area contributed by atoms with Gasteiger partial charge in [-0.2, -0.15) is 0 Å². The van der Waals surface area contributed by atoms with Gasteiger partial charge in [-0.1, -0.05) is 0 Å². The van der Waals surface area contributed by atoms with Crippen LogP contribution in [0.3, 0.4) is 0 Å². The van der Waals surface area contributed by atoms with Crippen LogP contribution in [-0.2, 0) is 11.3 Å². The Balaban J connectivity index is 3.45. The van der Waals surface area contributed by atoms with Gasteiger partial charge in [0.1, 0.15) is 0 Å². The van der Waals surface area contributed by atoms with E-state index in [-0.39, 0.29) is 17.8 Å². The molecular formula is C10H12F2N2O2. The molecule has 0 atom stereocenters. The van der Waals surface area contributed by atoms with Gasteiger partial charge in [-0.25, -0.2) is 18.6 Å². The molecule has 1 rings (SSSR count). The third-order valence-corrected chi connectivity index (χ3v) is 2.24. The molecule has 6 heteroatoms. The third kappa shape index (κ3) is 2.16. The summed E-state index contributed by atoms with van der Waals surface area (Å²) in [6.07, 6.45) is -1.47. The van der Waals surface area contributed by atoms with Crippen LogP contribution in [0.1, 0.15) is 33.6 Å². The number of halogens is 2. The highest BCUT2D eigenvalue weighted by Crippen LogP contribution is 2.27. The van der Waals surface area contributed by atoms with E-state index in [0.717, 1.165) is 7.11 Å². The minimum absolute atomic E-state index is 0.0714. The summed E-state index contributed by atoms with van der Waals surface area (Å²) in [4.78, 5) is 14.9. The first-order valence-electron chi connectivity index (χ1n) is 4.57. The van der Waals surface area contributed by atoms with E-state index in [1.165, 1.54) is 6.20 Å². The number of alkyl halides is 2. The number of nitrogens with zero attached hydrogens (tertiary/aromatic N) is 1. The van der Waals surface area contributed by atoms with E-state index in [1.807, 2.05) is 0 Å². The van der Waals surface area contributed by atoms with E-state index in [0.29, 0.717) is 5.56 Å². The number of rotatable bonds is 3. The van der Waals surface area contributed by atoms with Crippen LogP contribution in [0.25, 0.3) is 0 Å². The summed E-state index contributed by atoms with van der Waals surface area (Å²) in [5.74, 6) is -0.884. The molecule has 1 heterocycles. The molecule has 0 unspecified atom stereocenters. The molecule has 4 nitrogen and oxygen atoms in total. The van der Waals surface area contributed by atoms with Crippen molar-refractivity contribution in [2.24, 2.45) is 5.73 Å². The second-order valence-electron chi connectivity index (χ2n) is 3.18. The number of nitrogens with two attached hydrogens (primary N) is 1. The lowest BCUT2D eigenvalue weighted by Gasteiger charge is -2.13. The summed E-state index contributed by atoms with van der Waals surface area (Å²) in [7, 11) is 1.11. The Labute approximate surface area is 91.4 Å². The Kier molecular flexibility index (Phi) is 3.89. The zero-order chi connectivity index (χ0) is 12.3. The molecule has 0 spiro atoms. The molecule has 2 N–H and O–H groups in total. The van der Waals surface area contributed by atoms with Gasteiger partial charge in [-0.05, 0) is 18.1 Å². The SMILES string of the molecule is COC(=O)c1ncc(C)c(CN)c1C(F)F. The van der Waals surface area contributed by atoms with Crippen LogP contribution in [0.15, 0.2) is 6.20 Å². The fraction of sp³-hybridized carbons (Fsp3) is 0.400. The first kappa shape index (κ1) is 12.5. The van der Waals surface area contributed by atoms with Crippen LogP contribution in [0.5, 0.6) is 0 Å². The van der Waals surface area contributed by atoms with Crippen molar-refractivity contribution in [2.45, 2.75) is 19.9 Å². The van der Waals surface area contributed by atoms with Gasteiger partial charge in [0.25, 0.3) is 6.43 Å². The zero-order valence-electron chi connectivity index (χ0n) is 8.96. The number of carbonyl (C=O) groups excluding carboxylic acids is 1. The monoisotopic (exact) mass is 230 g/mol. The molecule has 16 heavy (non-hydrogen) atoms. The molecule has 0 saturated carbocycles. The second kappa shape index (κ2) is 4.98. The molecular weight excluding hydrogens is 218 g/mol. The molecule has 1 aromatic heterocycles. The predicted octanol–water partition coefficient (Wildman–Crippen LogP) is 1.57. The van der Waals surface area contributed by atoms with Gasteiger partial charge in [-0.15, -0.1) is 0 Å². The highest BCUT2D eigenvalue weighted by Gasteiger charge is 2.24. The highest BCUT2D eigenvalue weighted by atomic mass is 19.3. The number of esters is 1. The molecule has 0 radical (unpaired) electrons. The topological polar surface area (TPSA) is 65.2 Å². The quantitative estimate of drug-likeness (QED) is 0.800. The van der Waals surface area contributed by atoms with Gasteiger partial charge in [-0.3, -0.25) is 0 Å². The Morgan fingerprint density at radius 1 is 1.62 bits per heavy atom. The minimum atomic E-state index is -2.81. The Morgan fingerprint density at radius 2 is 2.25 bits per heavy atom. The zero-order valence-corrected chi connectivity index (χ0v) is 8.96. The molecule has 0 aliphatic heterocycles. The predicted molar refractivity (Wildman–Crippen MR) is 53.2 cm³/mol. The van der Waals surface area contributed by atoms with Crippen molar-refractivity contribution in [1.82, 2.24) is 4.98 Å². The van der Waals surface area contributed by atoms with Gasteiger partial charge in [0.05, 0.1) is 12.7 Å². The minimum Gasteiger partial charge on any atom is -0.464 e. The second-order valence-corrected chi connectivity index (χ2v) is 3.18. The molecule has 88 valence electrons. The number of ether oxygens (including phenoxy) is 1. The van der Waals surface area contributed by atoms with E-state index in [9.17, 15) is 13.6 Å². The number of hydrogen-bond donors (Lipinski definition) is 1. The average Bonchev–Trinajstić information content (AvgIpc) is 2.27. The fourth-order valence-corrected chi connectivity index (χ4v) is 1.43. The largest absolute Gasteiger partial charge is 0.464 e. The van der Waals surface area contributed by atoms with Crippen molar-refractivity contribution in [2.75, 3.05) is 7.11 Å². The standard InChI is InChI=1S/C10H12F2N2O2/c1-5-4-14-8(10(15)16-2)7(9(11)12)6(5)3-13/h4,9H,3,13H2,1-2H3. The highest BCUT2D eigenvalue weighted by molar-refractivity contribution is 5.89. The average molecular weight is 230 g/mol. The summed E-state index contributed by atoms with van der Waals surface area (Å²) in [5.41, 5.74) is 5.35. The van der Waals surface area contributed by atoms with Crippen LogP contribution < -0.4 is 5.73 Å². The van der Waals surface area contributed by atoms with Crippen LogP contribution in [0.2, 0.25) is 0 Å². The summed E-state index contributed by atoms with van der Waals surface area (Å²) in [6.45, 7) is 1.54. The summed E-state index contributed by atoms with van der Waals surface area (Å²) < 4.78 is 30.1. The number of methoxy groups -OCH3 is 1. The normalized spacial score (nSPS) is 10.6. The fourth-order valence-electron chi connectivity index (χ4n) is 1.43. The van der Waals surface area contributed by atoms with Gasteiger partial charge >= 0.3 is 5.97 Å². The molecule has 0 saturated heterocycles. The Morgan fingerprint density at radius 3 is 2.69 bits per heavy atom. The number of aryl methyl sites for hydroxylation is 1. The van der Waals surface area contributed by atoms with Crippen LogP contribution >= 0.6 is 0 Å². The molecule has 0 amide bonds. The molecule has 0 aliphatic carbocycles. The smallest absolute Gasteiger partial charge is 0.357 e. The summed E-state index contributed by atoms with van der Waals surface area (Å²) in [6, 6.07) is 0. The van der Waals surface area contributed by atoms with E-state index in [2.05, 4.69) is 9.72 Å². The Hall–Kier alpha value is -1.56. The van der Waals surface area contributed by atoms with Gasteiger partial charge in [0, 0.05) is 12.7 Å². The van der Waals surface area contributed by atoms with Crippen molar-refractivity contribution in [1.29, 1.82) is 0 Å². The maximum atomic E-state index is 12.8. The van der Waals surface area contributed by atoms with Crippen LogP contribution in [0, 0.1) is 6.92 Å². The van der Waals surface area contributed by atoms with E-state index < -0.39 is 18.0 Å². The van der Waals surface area contributed by atoms with Crippen molar-refractivity contribution in [3.8, 4) is 0 Å². The molecule has 0 bridgehead atoms. The number of pyridine rings is 1. The summed E-state index contributed by atoms with van der Waals surface area (Å²) in [5, 5.41) is 0. The van der Waals surface area contributed by atoms with Crippen molar-refractivity contribution < 1.29 is 18.3 Å². The maximum absolute atomic E-state index is 12.8. The van der Waals surface area contributed by atoms with Gasteiger partial charge < -0.3 is 10.5 Å². The number of aromatic nitrogens is 1. The van der Waals surface area contributed by atoms with Gasteiger partial charge in [0.2, 0.25) is 0 Å². The molecule has 0 aromatic carbocycles. The number of hydrogen-bond acceptors (Lipinski definition) is 4. The molecule has 0 aliphatic rings. The molecule has 1 aromatic rings. The van der Waals surface area contributed by atoms with Gasteiger partial charge in [0.15, 0.2) is 5.69 Å². The lowest BCUT2D eigenvalue weighted by Crippen LogP contribution is -2.14. The third-order valence-electron chi connectivity index (χ3n) is 2.24. The first-order valence-corrected chi connectivity index (χ1v) is 4.57. The van der Waals surface area contributed by atoms with Crippen LogP contribution in [0.4, 0.5) is 8.78 Å².